The zero-order valence-electron chi connectivity index (χ0n) is 12.8. The van der Waals surface area contributed by atoms with Gasteiger partial charge in [0.05, 0.1) is 19.3 Å². The van der Waals surface area contributed by atoms with Crippen LogP contribution in [-0.4, -0.2) is 51.3 Å². The molecule has 1 aromatic rings. The Kier molecular flexibility index (Phi) is 8.87. The van der Waals surface area contributed by atoms with E-state index in [1.54, 1.807) is 7.11 Å². The van der Waals surface area contributed by atoms with Crippen LogP contribution in [0.4, 0.5) is 0 Å². The Labute approximate surface area is 134 Å². The summed E-state index contributed by atoms with van der Waals surface area (Å²) in [6.07, 6.45) is -0.708. The summed E-state index contributed by atoms with van der Waals surface area (Å²) < 4.78 is 17.0. The van der Waals surface area contributed by atoms with Crippen LogP contribution in [0.15, 0.2) is 22.7 Å². The minimum Gasteiger partial charge on any atom is -0.491 e. The lowest BCUT2D eigenvalue weighted by atomic mass is 10.2. The Morgan fingerprint density at radius 3 is 2.71 bits per heavy atom. The topological polar surface area (TPSA) is 60.0 Å². The van der Waals surface area contributed by atoms with Crippen molar-refractivity contribution in [3.05, 3.63) is 28.2 Å². The fourth-order valence-electron chi connectivity index (χ4n) is 1.77. The second-order valence-electron chi connectivity index (χ2n) is 4.85. The van der Waals surface area contributed by atoms with E-state index in [1.807, 2.05) is 32.2 Å². The van der Waals surface area contributed by atoms with Gasteiger partial charge in [-0.2, -0.15) is 0 Å². The summed E-state index contributed by atoms with van der Waals surface area (Å²) in [4.78, 5) is 0. The second kappa shape index (κ2) is 10.1. The maximum atomic E-state index is 9.84. The average molecular weight is 362 g/mol. The van der Waals surface area contributed by atoms with Gasteiger partial charge in [-0.3, -0.25) is 0 Å². The largest absolute Gasteiger partial charge is 0.491 e. The highest BCUT2D eigenvalue weighted by Gasteiger charge is 2.10. The molecule has 0 saturated carbocycles. The van der Waals surface area contributed by atoms with Gasteiger partial charge in [-0.05, 0) is 37.7 Å². The van der Waals surface area contributed by atoms with E-state index in [2.05, 4.69) is 21.2 Å². The summed E-state index contributed by atoms with van der Waals surface area (Å²) in [5, 5.41) is 12.9. The first-order valence-corrected chi connectivity index (χ1v) is 7.70. The molecule has 21 heavy (non-hydrogen) atoms. The number of nitrogens with one attached hydrogen (secondary N) is 1. The number of aliphatic hydroxyl groups is 1. The molecule has 120 valence electrons. The van der Waals surface area contributed by atoms with E-state index >= 15 is 0 Å². The molecule has 0 heterocycles. The van der Waals surface area contributed by atoms with Crippen LogP contribution < -0.4 is 10.1 Å². The molecule has 1 rings (SSSR count). The van der Waals surface area contributed by atoms with Crippen molar-refractivity contribution in [3.63, 3.8) is 0 Å². The molecule has 0 aliphatic rings. The summed E-state index contributed by atoms with van der Waals surface area (Å²) in [6.45, 7) is 3.58. The molecule has 0 aromatic heterocycles. The van der Waals surface area contributed by atoms with E-state index in [-0.39, 0.29) is 19.3 Å². The lowest BCUT2D eigenvalue weighted by molar-refractivity contribution is -0.0423. The maximum Gasteiger partial charge on any atom is 0.119 e. The molecule has 0 saturated heterocycles. The van der Waals surface area contributed by atoms with Gasteiger partial charge in [-0.25, -0.2) is 0 Å². The number of hydrogen-bond donors (Lipinski definition) is 2. The molecule has 6 heteroatoms. The van der Waals surface area contributed by atoms with Gasteiger partial charge in [0.25, 0.3) is 0 Å². The first kappa shape index (κ1) is 18.4. The lowest BCUT2D eigenvalue weighted by Gasteiger charge is -2.17. The quantitative estimate of drug-likeness (QED) is 0.667. The molecule has 0 amide bonds. The summed E-state index contributed by atoms with van der Waals surface area (Å²) in [5.74, 6) is 0.729. The number of hydrogen-bond acceptors (Lipinski definition) is 5. The number of halogens is 1. The Hall–Kier alpha value is -0.660. The Morgan fingerprint density at radius 1 is 1.29 bits per heavy atom. The molecule has 0 bridgehead atoms. The summed E-state index contributed by atoms with van der Waals surface area (Å²) in [5.41, 5.74) is 1.11. The normalized spacial score (nSPS) is 14.0. The zero-order valence-corrected chi connectivity index (χ0v) is 14.4. The minimum atomic E-state index is -0.666. The van der Waals surface area contributed by atoms with Crippen molar-refractivity contribution in [2.45, 2.75) is 25.7 Å². The molecule has 2 atom stereocenters. The van der Waals surface area contributed by atoms with E-state index in [9.17, 15) is 5.11 Å². The van der Waals surface area contributed by atoms with Crippen molar-refractivity contribution >= 4 is 15.9 Å². The Morgan fingerprint density at radius 2 is 2.05 bits per heavy atom. The highest BCUT2D eigenvalue weighted by Crippen LogP contribution is 2.22. The molecule has 2 unspecified atom stereocenters. The first-order chi connectivity index (χ1) is 10.1. The maximum absolute atomic E-state index is 9.84. The smallest absolute Gasteiger partial charge is 0.119 e. The molecular formula is C15H24BrNO4. The van der Waals surface area contributed by atoms with Gasteiger partial charge in [0.15, 0.2) is 0 Å². The average Bonchev–Trinajstić information content (AvgIpc) is 2.46. The van der Waals surface area contributed by atoms with Gasteiger partial charge >= 0.3 is 0 Å². The highest BCUT2D eigenvalue weighted by molar-refractivity contribution is 9.10. The van der Waals surface area contributed by atoms with E-state index < -0.39 is 6.10 Å². The molecule has 1 aromatic carbocycles. The van der Waals surface area contributed by atoms with Crippen LogP contribution in [0.25, 0.3) is 0 Å². The van der Waals surface area contributed by atoms with Crippen molar-refractivity contribution < 1.29 is 19.3 Å². The summed E-state index contributed by atoms with van der Waals surface area (Å²) in [6, 6.07) is 5.75. The Balaban J connectivity index is 2.38. The predicted octanol–water partition coefficient (Wildman–Crippen LogP) is 1.96. The van der Waals surface area contributed by atoms with Crippen LogP contribution >= 0.6 is 15.9 Å². The molecule has 0 spiro atoms. The molecular weight excluding hydrogens is 338 g/mol. The standard InChI is InChI=1S/C15H24BrNO4/c1-11(8-19-3)20-9-13(18)10-21-14-4-5-15(16)12(6-14)7-17-2/h4-6,11,13,17-18H,7-10H2,1-3H3. The van der Waals surface area contributed by atoms with Gasteiger partial charge in [-0.1, -0.05) is 15.9 Å². The Bertz CT molecular complexity index is 417. The number of aliphatic hydroxyl groups excluding tert-OH is 1. The fraction of sp³-hybridized carbons (Fsp3) is 0.600. The summed E-state index contributed by atoms with van der Waals surface area (Å²) >= 11 is 3.49. The van der Waals surface area contributed by atoms with Gasteiger partial charge in [0.1, 0.15) is 18.5 Å². The minimum absolute atomic E-state index is 0.0421. The van der Waals surface area contributed by atoms with Crippen LogP contribution in [0.3, 0.4) is 0 Å². The predicted molar refractivity (Wildman–Crippen MR) is 85.7 cm³/mol. The van der Waals surface area contributed by atoms with Crippen LogP contribution in [0, 0.1) is 0 Å². The third-order valence-electron chi connectivity index (χ3n) is 2.80. The SMILES string of the molecule is CNCc1cc(OCC(O)COC(C)COC)ccc1Br. The zero-order chi connectivity index (χ0) is 15.7. The van der Waals surface area contributed by atoms with Gasteiger partial charge in [0.2, 0.25) is 0 Å². The van der Waals surface area contributed by atoms with Crippen molar-refractivity contribution in [2.75, 3.05) is 34.0 Å². The van der Waals surface area contributed by atoms with Crippen LogP contribution in [0.1, 0.15) is 12.5 Å². The molecule has 0 fully saturated rings. The molecule has 0 radical (unpaired) electrons. The van der Waals surface area contributed by atoms with Crippen LogP contribution in [0.2, 0.25) is 0 Å². The van der Waals surface area contributed by atoms with Crippen molar-refractivity contribution in [3.8, 4) is 5.75 Å². The third-order valence-corrected chi connectivity index (χ3v) is 3.57. The first-order valence-electron chi connectivity index (χ1n) is 6.91. The van der Waals surface area contributed by atoms with Crippen molar-refractivity contribution in [1.29, 1.82) is 0 Å². The molecule has 5 nitrogen and oxygen atoms in total. The van der Waals surface area contributed by atoms with Gasteiger partial charge in [-0.15, -0.1) is 0 Å². The van der Waals surface area contributed by atoms with Crippen molar-refractivity contribution in [2.24, 2.45) is 0 Å². The number of rotatable bonds is 10. The van der Waals surface area contributed by atoms with E-state index in [0.717, 1.165) is 22.3 Å². The third kappa shape index (κ3) is 7.24. The number of methoxy groups -OCH3 is 1. The van der Waals surface area contributed by atoms with Crippen LogP contribution in [-0.2, 0) is 16.0 Å². The van der Waals surface area contributed by atoms with Crippen molar-refractivity contribution in [1.82, 2.24) is 5.32 Å². The lowest BCUT2D eigenvalue weighted by Crippen LogP contribution is -2.27. The van der Waals surface area contributed by atoms with E-state index in [1.165, 1.54) is 0 Å². The summed E-state index contributed by atoms with van der Waals surface area (Å²) in [7, 11) is 3.51. The second-order valence-corrected chi connectivity index (χ2v) is 5.70. The van der Waals surface area contributed by atoms with E-state index in [4.69, 9.17) is 14.2 Å². The molecule has 2 N–H and O–H groups in total. The number of benzene rings is 1. The molecule has 0 aliphatic carbocycles. The monoisotopic (exact) mass is 361 g/mol. The highest BCUT2D eigenvalue weighted by atomic mass is 79.9. The fourth-order valence-corrected chi connectivity index (χ4v) is 2.15. The number of ether oxygens (including phenoxy) is 3. The van der Waals surface area contributed by atoms with Crippen LogP contribution in [0.5, 0.6) is 5.75 Å². The van der Waals surface area contributed by atoms with E-state index in [0.29, 0.717) is 6.61 Å². The van der Waals surface area contributed by atoms with Gasteiger partial charge in [0, 0.05) is 18.1 Å². The van der Waals surface area contributed by atoms with Gasteiger partial charge < -0.3 is 24.6 Å². The molecule has 0 aliphatic heterocycles.